The second-order valence-corrected chi connectivity index (χ2v) is 12.7. The molecule has 0 amide bonds. The topological polar surface area (TPSA) is 105 Å². The van der Waals surface area contributed by atoms with E-state index in [9.17, 15) is 4.79 Å². The van der Waals surface area contributed by atoms with Gasteiger partial charge in [0.25, 0.3) is 0 Å². The van der Waals surface area contributed by atoms with Crippen LogP contribution < -0.4 is 18.9 Å². The molecule has 0 N–H and O–H groups in total. The summed E-state index contributed by atoms with van der Waals surface area (Å²) in [6, 6.07) is 31.6. The molecule has 9 nitrogen and oxygen atoms in total. The molecular weight excluding hydrogens is 646 g/mol. The number of nitrogens with zero attached hydrogens (tertiary/aromatic N) is 1. The Morgan fingerprint density at radius 2 is 1.10 bits per heavy atom. The summed E-state index contributed by atoms with van der Waals surface area (Å²) >= 11 is 0. The van der Waals surface area contributed by atoms with Crippen LogP contribution in [0.25, 0.3) is 11.1 Å². The average Bonchev–Trinajstić information content (AvgIpc) is 3.16. The van der Waals surface area contributed by atoms with E-state index < -0.39 is 5.97 Å². The van der Waals surface area contributed by atoms with Gasteiger partial charge in [0.15, 0.2) is 0 Å². The van der Waals surface area contributed by atoms with Crippen LogP contribution in [0.5, 0.6) is 23.0 Å². The van der Waals surface area contributed by atoms with E-state index in [4.69, 9.17) is 38.4 Å². The summed E-state index contributed by atoms with van der Waals surface area (Å²) in [5, 5.41) is 8.97. The first kappa shape index (κ1) is 37.4. The molecule has 9 heteroatoms. The van der Waals surface area contributed by atoms with Gasteiger partial charge in [-0.1, -0.05) is 24.3 Å². The predicted octanol–water partition coefficient (Wildman–Crippen LogP) is 8.30. The van der Waals surface area contributed by atoms with E-state index >= 15 is 0 Å². The highest BCUT2D eigenvalue weighted by molar-refractivity contribution is 5.91. The van der Waals surface area contributed by atoms with Gasteiger partial charge in [-0.15, -0.1) is 0 Å². The summed E-state index contributed by atoms with van der Waals surface area (Å²) < 4.78 is 39.8. The number of unbranched alkanes of at least 4 members (excludes halogenated alkanes) is 4. The van der Waals surface area contributed by atoms with Crippen molar-refractivity contribution in [2.24, 2.45) is 5.41 Å². The molecule has 1 aliphatic heterocycles. The van der Waals surface area contributed by atoms with Crippen molar-refractivity contribution in [3.8, 4) is 40.2 Å². The Morgan fingerprint density at radius 3 is 1.59 bits per heavy atom. The number of esters is 1. The van der Waals surface area contributed by atoms with Crippen LogP contribution in [0, 0.1) is 16.7 Å². The van der Waals surface area contributed by atoms with Gasteiger partial charge in [0.2, 0.25) is 0 Å². The summed E-state index contributed by atoms with van der Waals surface area (Å²) in [5.41, 5.74) is 3.25. The normalized spacial score (nSPS) is 13.1. The molecule has 268 valence electrons. The molecule has 4 aromatic carbocycles. The second-order valence-electron chi connectivity index (χ2n) is 12.7. The molecular formula is C42H47NO8. The molecule has 0 unspecified atom stereocenters. The Morgan fingerprint density at radius 1 is 0.627 bits per heavy atom. The molecule has 0 spiro atoms. The third-order valence-corrected chi connectivity index (χ3v) is 8.60. The monoisotopic (exact) mass is 693 g/mol. The zero-order chi connectivity index (χ0) is 35.6. The lowest BCUT2D eigenvalue weighted by molar-refractivity contribution is -0.178. The molecule has 0 radical (unpaired) electrons. The van der Waals surface area contributed by atoms with Gasteiger partial charge in [-0.05, 0) is 122 Å². The standard InChI is InChI=1S/C42H47NO8/c1-45-37-20-22-40(23-21-37)51-41(44)36-14-18-39(19-15-36)50-27-7-3-5-25-47-30-42(31-48-32-42)29-46-24-4-2-6-26-49-38-16-12-35(13-17-38)34-10-8-33(28-43)9-11-34/h8-23H,2-7,24-27,29-32H2,1H3. The molecule has 1 saturated heterocycles. The summed E-state index contributed by atoms with van der Waals surface area (Å²) in [7, 11) is 1.59. The van der Waals surface area contributed by atoms with Crippen LogP contribution in [-0.2, 0) is 14.2 Å². The van der Waals surface area contributed by atoms with E-state index in [1.165, 1.54) is 0 Å². The summed E-state index contributed by atoms with van der Waals surface area (Å²) in [4.78, 5) is 12.4. The Bertz CT molecular complexity index is 1640. The molecule has 0 aliphatic carbocycles. The van der Waals surface area contributed by atoms with E-state index in [0.717, 1.165) is 67.8 Å². The van der Waals surface area contributed by atoms with Gasteiger partial charge in [0.05, 0.1) is 69.4 Å². The summed E-state index contributed by atoms with van der Waals surface area (Å²) in [6.07, 6.45) is 5.87. The number of hydrogen-bond donors (Lipinski definition) is 0. The van der Waals surface area contributed by atoms with Crippen molar-refractivity contribution in [2.45, 2.75) is 38.5 Å². The number of hydrogen-bond acceptors (Lipinski definition) is 9. The van der Waals surface area contributed by atoms with Crippen molar-refractivity contribution in [2.75, 3.05) is 60.0 Å². The van der Waals surface area contributed by atoms with Crippen molar-refractivity contribution in [3.05, 3.63) is 108 Å². The molecule has 4 aromatic rings. The zero-order valence-electron chi connectivity index (χ0n) is 29.4. The highest BCUT2D eigenvalue weighted by Crippen LogP contribution is 2.29. The van der Waals surface area contributed by atoms with Crippen molar-refractivity contribution < 1.29 is 38.0 Å². The van der Waals surface area contributed by atoms with Gasteiger partial charge in [-0.25, -0.2) is 4.79 Å². The minimum atomic E-state index is -0.424. The van der Waals surface area contributed by atoms with Gasteiger partial charge in [-0.3, -0.25) is 0 Å². The predicted molar refractivity (Wildman–Crippen MR) is 195 cm³/mol. The third-order valence-electron chi connectivity index (χ3n) is 8.60. The number of ether oxygens (including phenoxy) is 7. The Balaban J connectivity index is 0.848. The molecule has 1 aliphatic rings. The fraction of sp³-hybridized carbons (Fsp3) is 0.381. The molecule has 1 heterocycles. The van der Waals surface area contributed by atoms with E-state index in [1.807, 2.05) is 48.5 Å². The first-order valence-corrected chi connectivity index (χ1v) is 17.6. The smallest absolute Gasteiger partial charge is 0.343 e. The van der Waals surface area contributed by atoms with E-state index in [1.54, 1.807) is 55.6 Å². The number of methoxy groups -OCH3 is 1. The van der Waals surface area contributed by atoms with Gasteiger partial charge in [0.1, 0.15) is 23.0 Å². The largest absolute Gasteiger partial charge is 0.497 e. The zero-order valence-corrected chi connectivity index (χ0v) is 29.4. The maximum atomic E-state index is 12.4. The Hall–Kier alpha value is -4.88. The van der Waals surface area contributed by atoms with Crippen LogP contribution in [0.2, 0.25) is 0 Å². The molecule has 0 bridgehead atoms. The van der Waals surface area contributed by atoms with Gasteiger partial charge >= 0.3 is 5.97 Å². The lowest BCUT2D eigenvalue weighted by Crippen LogP contribution is -2.49. The number of rotatable bonds is 22. The number of carbonyl (C=O) groups is 1. The highest BCUT2D eigenvalue weighted by atomic mass is 16.5. The lowest BCUT2D eigenvalue weighted by Gasteiger charge is -2.40. The maximum absolute atomic E-state index is 12.4. The Kier molecular flexibility index (Phi) is 14.7. The van der Waals surface area contributed by atoms with Gasteiger partial charge < -0.3 is 33.2 Å². The average molecular weight is 694 g/mol. The molecule has 5 rings (SSSR count). The van der Waals surface area contributed by atoms with Crippen LogP contribution in [0.3, 0.4) is 0 Å². The molecule has 0 aromatic heterocycles. The van der Waals surface area contributed by atoms with Crippen LogP contribution >= 0.6 is 0 Å². The van der Waals surface area contributed by atoms with Crippen molar-refractivity contribution in [1.29, 1.82) is 5.26 Å². The molecule has 0 atom stereocenters. The quantitative estimate of drug-likeness (QED) is 0.0457. The van der Waals surface area contributed by atoms with E-state index in [2.05, 4.69) is 6.07 Å². The van der Waals surface area contributed by atoms with Crippen LogP contribution in [0.15, 0.2) is 97.1 Å². The van der Waals surface area contributed by atoms with Crippen LogP contribution in [0.4, 0.5) is 0 Å². The van der Waals surface area contributed by atoms with Crippen molar-refractivity contribution in [3.63, 3.8) is 0 Å². The maximum Gasteiger partial charge on any atom is 0.343 e. The minimum absolute atomic E-state index is 0.0383. The van der Waals surface area contributed by atoms with Crippen LogP contribution in [-0.4, -0.2) is 65.9 Å². The van der Waals surface area contributed by atoms with Gasteiger partial charge in [0, 0.05) is 13.2 Å². The van der Waals surface area contributed by atoms with Crippen LogP contribution in [0.1, 0.15) is 54.4 Å². The Labute approximate surface area is 301 Å². The number of nitriles is 1. The van der Waals surface area contributed by atoms with E-state index in [-0.39, 0.29) is 5.41 Å². The first-order chi connectivity index (χ1) is 25.1. The number of carbonyl (C=O) groups excluding carboxylic acids is 1. The highest BCUT2D eigenvalue weighted by Gasteiger charge is 2.39. The van der Waals surface area contributed by atoms with E-state index in [0.29, 0.717) is 68.9 Å². The van der Waals surface area contributed by atoms with Crippen molar-refractivity contribution >= 4 is 5.97 Å². The first-order valence-electron chi connectivity index (χ1n) is 17.6. The fourth-order valence-corrected chi connectivity index (χ4v) is 5.50. The molecule has 51 heavy (non-hydrogen) atoms. The minimum Gasteiger partial charge on any atom is -0.497 e. The van der Waals surface area contributed by atoms with Crippen molar-refractivity contribution in [1.82, 2.24) is 0 Å². The summed E-state index contributed by atoms with van der Waals surface area (Å²) in [5.74, 6) is 2.31. The van der Waals surface area contributed by atoms with Gasteiger partial charge in [-0.2, -0.15) is 5.26 Å². The molecule has 1 fully saturated rings. The lowest BCUT2D eigenvalue weighted by atomic mass is 9.88. The summed E-state index contributed by atoms with van der Waals surface area (Å²) in [6.45, 7) is 5.35. The third kappa shape index (κ3) is 12.1. The second kappa shape index (κ2) is 20.1. The number of benzene rings is 4. The molecule has 0 saturated carbocycles. The fourth-order valence-electron chi connectivity index (χ4n) is 5.50. The SMILES string of the molecule is COc1ccc(OC(=O)c2ccc(OCCCCCOCC3(COCCCCCOc4ccc(-c5ccc(C#N)cc5)cc4)COC3)cc2)cc1.